The van der Waals surface area contributed by atoms with Crippen LogP contribution in [0.4, 0.5) is 0 Å². The van der Waals surface area contributed by atoms with Gasteiger partial charge in [0.05, 0.1) is 24.8 Å². The van der Waals surface area contributed by atoms with Gasteiger partial charge >= 0.3 is 5.97 Å². The van der Waals surface area contributed by atoms with E-state index in [2.05, 4.69) is 9.97 Å². The molecule has 98 valence electrons. The number of carbonyl (C=O) groups is 1. The first-order valence-electron chi connectivity index (χ1n) is 5.57. The molecular formula is C13H13N3O3. The highest BCUT2D eigenvalue weighted by Crippen LogP contribution is 2.21. The molecule has 0 radical (unpaired) electrons. The summed E-state index contributed by atoms with van der Waals surface area (Å²) in [6, 6.07) is 3.51. The van der Waals surface area contributed by atoms with Crippen LogP contribution in [-0.2, 0) is 4.79 Å². The summed E-state index contributed by atoms with van der Waals surface area (Å²) in [6.45, 7) is 1.89. The number of ether oxygens (including phenoxy) is 1. The zero-order chi connectivity index (χ0) is 13.8. The van der Waals surface area contributed by atoms with Crippen molar-refractivity contribution in [3.05, 3.63) is 42.1 Å². The van der Waals surface area contributed by atoms with Crippen LogP contribution in [0.5, 0.6) is 5.88 Å². The number of hydrogen-bond donors (Lipinski definition) is 1. The number of imidazole rings is 1. The van der Waals surface area contributed by atoms with Gasteiger partial charge in [0.25, 0.3) is 0 Å². The third kappa shape index (κ3) is 2.98. The van der Waals surface area contributed by atoms with Crippen molar-refractivity contribution < 1.29 is 14.6 Å². The molecule has 2 aromatic rings. The molecule has 0 aliphatic heterocycles. The summed E-state index contributed by atoms with van der Waals surface area (Å²) in [5.74, 6) is -0.611. The lowest BCUT2D eigenvalue weighted by atomic mass is 10.3. The van der Waals surface area contributed by atoms with Crippen molar-refractivity contribution in [2.45, 2.75) is 6.92 Å². The molecule has 0 amide bonds. The molecule has 1 N–H and O–H groups in total. The Hall–Kier alpha value is -2.63. The first kappa shape index (κ1) is 12.8. The Balaban J connectivity index is 2.39. The Bertz CT molecular complexity index is 632. The first-order valence-corrected chi connectivity index (χ1v) is 5.57. The monoisotopic (exact) mass is 259 g/mol. The van der Waals surface area contributed by atoms with Gasteiger partial charge < -0.3 is 14.4 Å². The fourth-order valence-electron chi connectivity index (χ4n) is 1.60. The van der Waals surface area contributed by atoms with Crippen molar-refractivity contribution in [1.29, 1.82) is 0 Å². The van der Waals surface area contributed by atoms with Crippen molar-refractivity contribution in [2.75, 3.05) is 7.11 Å². The molecule has 0 fully saturated rings. The van der Waals surface area contributed by atoms with Gasteiger partial charge in [0, 0.05) is 12.3 Å². The zero-order valence-electron chi connectivity index (χ0n) is 10.6. The van der Waals surface area contributed by atoms with Crippen molar-refractivity contribution in [3.63, 3.8) is 0 Å². The van der Waals surface area contributed by atoms with E-state index in [0.717, 1.165) is 17.5 Å². The van der Waals surface area contributed by atoms with E-state index in [1.807, 2.05) is 13.1 Å². The summed E-state index contributed by atoms with van der Waals surface area (Å²) in [6.07, 6.45) is 5.96. The van der Waals surface area contributed by atoms with Crippen molar-refractivity contribution in [2.24, 2.45) is 0 Å². The SMILES string of the molecule is COc1nc(C=CC(=O)O)ccc1-n1cnc(C)c1. The maximum atomic E-state index is 10.5. The minimum absolute atomic E-state index is 0.407. The van der Waals surface area contributed by atoms with E-state index in [4.69, 9.17) is 9.84 Å². The number of pyridine rings is 1. The second kappa shape index (κ2) is 5.34. The molecule has 6 heteroatoms. The summed E-state index contributed by atoms with van der Waals surface area (Å²) in [7, 11) is 1.51. The highest BCUT2D eigenvalue weighted by atomic mass is 16.5. The zero-order valence-corrected chi connectivity index (χ0v) is 10.6. The number of aryl methyl sites for hydroxylation is 1. The van der Waals surface area contributed by atoms with E-state index in [1.165, 1.54) is 13.2 Å². The maximum Gasteiger partial charge on any atom is 0.328 e. The molecule has 0 aliphatic rings. The van der Waals surface area contributed by atoms with E-state index >= 15 is 0 Å². The lowest BCUT2D eigenvalue weighted by molar-refractivity contribution is -0.131. The van der Waals surface area contributed by atoms with Crippen molar-refractivity contribution in [1.82, 2.24) is 14.5 Å². The summed E-state index contributed by atoms with van der Waals surface area (Å²) in [5, 5.41) is 8.58. The molecule has 0 saturated heterocycles. The fourth-order valence-corrected chi connectivity index (χ4v) is 1.60. The molecule has 2 aromatic heterocycles. The minimum Gasteiger partial charge on any atom is -0.479 e. The van der Waals surface area contributed by atoms with E-state index in [0.29, 0.717) is 11.6 Å². The average molecular weight is 259 g/mol. The highest BCUT2D eigenvalue weighted by molar-refractivity contribution is 5.84. The third-order valence-electron chi connectivity index (χ3n) is 2.44. The smallest absolute Gasteiger partial charge is 0.328 e. The van der Waals surface area contributed by atoms with Crippen LogP contribution in [0.2, 0.25) is 0 Å². The lowest BCUT2D eigenvalue weighted by Gasteiger charge is -2.08. The van der Waals surface area contributed by atoms with Gasteiger partial charge in [-0.05, 0) is 25.1 Å². The molecule has 0 aromatic carbocycles. The Labute approximate surface area is 110 Å². The quantitative estimate of drug-likeness (QED) is 0.845. The Morgan fingerprint density at radius 1 is 1.47 bits per heavy atom. The molecule has 0 saturated carbocycles. The Morgan fingerprint density at radius 3 is 2.84 bits per heavy atom. The van der Waals surface area contributed by atoms with Crippen LogP contribution in [0.1, 0.15) is 11.4 Å². The number of hydrogen-bond acceptors (Lipinski definition) is 4. The molecule has 0 bridgehead atoms. The van der Waals surface area contributed by atoms with Crippen LogP contribution in [0.15, 0.2) is 30.7 Å². The van der Waals surface area contributed by atoms with Crippen LogP contribution in [0, 0.1) is 6.92 Å². The molecule has 2 heterocycles. The topological polar surface area (TPSA) is 77.2 Å². The number of aliphatic carboxylic acids is 1. The van der Waals surface area contributed by atoms with Crippen LogP contribution in [0.25, 0.3) is 11.8 Å². The average Bonchev–Trinajstić information content (AvgIpc) is 2.82. The van der Waals surface area contributed by atoms with Gasteiger partial charge in [-0.3, -0.25) is 0 Å². The van der Waals surface area contributed by atoms with Crippen molar-refractivity contribution >= 4 is 12.0 Å². The molecule has 0 aliphatic carbocycles. The van der Waals surface area contributed by atoms with E-state index in [1.54, 1.807) is 23.0 Å². The number of nitrogens with zero attached hydrogens (tertiary/aromatic N) is 3. The van der Waals surface area contributed by atoms with Crippen LogP contribution >= 0.6 is 0 Å². The van der Waals surface area contributed by atoms with Gasteiger partial charge in [-0.1, -0.05) is 0 Å². The molecule has 6 nitrogen and oxygen atoms in total. The van der Waals surface area contributed by atoms with Crippen LogP contribution in [-0.4, -0.2) is 32.7 Å². The number of methoxy groups -OCH3 is 1. The molecular weight excluding hydrogens is 246 g/mol. The molecule has 0 unspecified atom stereocenters. The Kier molecular flexibility index (Phi) is 3.61. The second-order valence-electron chi connectivity index (χ2n) is 3.86. The van der Waals surface area contributed by atoms with Gasteiger partial charge in [0.15, 0.2) is 0 Å². The maximum absolute atomic E-state index is 10.5. The normalized spacial score (nSPS) is 10.8. The first-order chi connectivity index (χ1) is 9.10. The molecule has 0 spiro atoms. The predicted octanol–water partition coefficient (Wildman–Crippen LogP) is 1.68. The van der Waals surface area contributed by atoms with E-state index < -0.39 is 5.97 Å². The fraction of sp³-hybridized carbons (Fsp3) is 0.154. The molecule has 2 rings (SSSR count). The van der Waals surface area contributed by atoms with Crippen molar-refractivity contribution in [3.8, 4) is 11.6 Å². The van der Waals surface area contributed by atoms with Gasteiger partial charge in [-0.15, -0.1) is 0 Å². The molecule has 19 heavy (non-hydrogen) atoms. The van der Waals surface area contributed by atoms with E-state index in [9.17, 15) is 4.79 Å². The van der Waals surface area contributed by atoms with Gasteiger partial charge in [0.1, 0.15) is 5.69 Å². The van der Waals surface area contributed by atoms with E-state index in [-0.39, 0.29) is 0 Å². The number of carboxylic acid groups (broad SMARTS) is 1. The molecule has 0 atom stereocenters. The number of carboxylic acids is 1. The standard InChI is InChI=1S/C13H13N3O3/c1-9-7-16(8-14-9)11-5-3-10(4-6-12(17)18)15-13(11)19-2/h3-8H,1-2H3,(H,17,18). The number of aromatic nitrogens is 3. The minimum atomic E-state index is -1.02. The van der Waals surface area contributed by atoms with Gasteiger partial charge in [-0.2, -0.15) is 0 Å². The van der Waals surface area contributed by atoms with Gasteiger partial charge in [-0.25, -0.2) is 14.8 Å². The third-order valence-corrected chi connectivity index (χ3v) is 2.44. The summed E-state index contributed by atoms with van der Waals surface area (Å²) in [4.78, 5) is 18.8. The lowest BCUT2D eigenvalue weighted by Crippen LogP contribution is -1.99. The summed E-state index contributed by atoms with van der Waals surface area (Å²) in [5.41, 5.74) is 2.15. The largest absolute Gasteiger partial charge is 0.479 e. The highest BCUT2D eigenvalue weighted by Gasteiger charge is 2.08. The summed E-state index contributed by atoms with van der Waals surface area (Å²) < 4.78 is 7.01. The van der Waals surface area contributed by atoms with Crippen LogP contribution < -0.4 is 4.74 Å². The Morgan fingerprint density at radius 2 is 2.26 bits per heavy atom. The number of rotatable bonds is 4. The predicted molar refractivity (Wildman–Crippen MR) is 69.3 cm³/mol. The second-order valence-corrected chi connectivity index (χ2v) is 3.86. The van der Waals surface area contributed by atoms with Crippen LogP contribution in [0.3, 0.4) is 0 Å². The van der Waals surface area contributed by atoms with Gasteiger partial charge in [0.2, 0.25) is 5.88 Å². The summed E-state index contributed by atoms with van der Waals surface area (Å²) >= 11 is 0.